The van der Waals surface area contributed by atoms with Gasteiger partial charge in [-0.15, -0.1) is 0 Å². The van der Waals surface area contributed by atoms with Gasteiger partial charge in [0.1, 0.15) is 6.10 Å². The van der Waals surface area contributed by atoms with Crippen LogP contribution in [0.25, 0.3) is 0 Å². The normalized spacial score (nSPS) is 45.4. The SMILES string of the molecule is Cc1oc(=O)oc1COC(=O)[C@]1(C)[C@@H](N2C[C@@H](C)OC2=O)CC[C@@]2(C)[C@H]1CC[C@]1(C)[C@@H]2C(=O)C=C2[C@@H]3C[C@@](C)(C(=O)O)CC[C@]3(C)CC[C@]21C. The lowest BCUT2D eigenvalue weighted by atomic mass is 9.33. The highest BCUT2D eigenvalue weighted by molar-refractivity contribution is 5.96. The lowest BCUT2D eigenvalue weighted by Crippen LogP contribution is -2.69. The first-order chi connectivity index (χ1) is 23.2. The van der Waals surface area contributed by atoms with Gasteiger partial charge in [0.2, 0.25) is 0 Å². The number of carboxylic acid groups (broad SMARTS) is 1. The van der Waals surface area contributed by atoms with Crippen molar-refractivity contribution in [3.63, 3.8) is 0 Å². The van der Waals surface area contributed by atoms with Gasteiger partial charge in [-0.1, -0.05) is 33.3 Å². The largest absolute Gasteiger partial charge is 0.519 e. The molecule has 11 atom stereocenters. The number of carbonyl (C=O) groups is 4. The summed E-state index contributed by atoms with van der Waals surface area (Å²) in [6.07, 6.45) is 7.49. The Morgan fingerprint density at radius 2 is 1.66 bits per heavy atom. The van der Waals surface area contributed by atoms with Gasteiger partial charge in [-0.25, -0.2) is 9.59 Å². The molecule has 1 aromatic rings. The van der Waals surface area contributed by atoms with E-state index in [0.29, 0.717) is 45.1 Å². The Hall–Kier alpha value is -3.37. The quantitative estimate of drug-likeness (QED) is 0.324. The fourth-order valence-electron chi connectivity index (χ4n) is 12.5. The molecule has 1 N–H and O–H groups in total. The zero-order valence-corrected chi connectivity index (χ0v) is 30.8. The number of hydrogen-bond donors (Lipinski definition) is 1. The summed E-state index contributed by atoms with van der Waals surface area (Å²) in [5.74, 6) is -2.39. The van der Waals surface area contributed by atoms with Gasteiger partial charge in [0.25, 0.3) is 0 Å². The number of amides is 1. The fraction of sp³-hybridized carbons (Fsp3) is 0.769. The minimum atomic E-state index is -1.20. The van der Waals surface area contributed by atoms with Crippen LogP contribution in [0.5, 0.6) is 0 Å². The third kappa shape index (κ3) is 4.62. The molecule has 4 saturated carbocycles. The molecule has 5 fully saturated rings. The number of carboxylic acids is 1. The minimum Gasteiger partial charge on any atom is -0.481 e. The Morgan fingerprint density at radius 3 is 2.28 bits per heavy atom. The van der Waals surface area contributed by atoms with Crippen molar-refractivity contribution in [3.8, 4) is 0 Å². The highest BCUT2D eigenvalue weighted by Gasteiger charge is 2.72. The number of esters is 1. The Morgan fingerprint density at radius 1 is 0.960 bits per heavy atom. The first-order valence-corrected chi connectivity index (χ1v) is 18.5. The highest BCUT2D eigenvalue weighted by atomic mass is 16.6. The summed E-state index contributed by atoms with van der Waals surface area (Å²) >= 11 is 0. The maximum absolute atomic E-state index is 14.9. The third-order valence-electron chi connectivity index (χ3n) is 15.7. The van der Waals surface area contributed by atoms with Crippen LogP contribution in [-0.2, 0) is 30.5 Å². The van der Waals surface area contributed by atoms with Crippen molar-refractivity contribution in [2.24, 2.45) is 50.2 Å². The zero-order valence-electron chi connectivity index (χ0n) is 30.8. The van der Waals surface area contributed by atoms with Crippen LogP contribution < -0.4 is 5.82 Å². The minimum absolute atomic E-state index is 0.00827. The van der Waals surface area contributed by atoms with Crippen LogP contribution in [0.1, 0.15) is 118 Å². The van der Waals surface area contributed by atoms with Crippen molar-refractivity contribution in [1.29, 1.82) is 0 Å². The number of rotatable bonds is 5. The number of allylic oxidation sites excluding steroid dienone is 2. The molecule has 2 heterocycles. The summed E-state index contributed by atoms with van der Waals surface area (Å²) < 4.78 is 21.6. The molecule has 0 bridgehead atoms. The molecule has 0 spiro atoms. The number of aliphatic carboxylic acids is 1. The van der Waals surface area contributed by atoms with Gasteiger partial charge < -0.3 is 28.3 Å². The van der Waals surface area contributed by atoms with Gasteiger partial charge in [0.15, 0.2) is 23.9 Å². The van der Waals surface area contributed by atoms with Gasteiger partial charge in [-0.3, -0.25) is 14.4 Å². The fourth-order valence-corrected chi connectivity index (χ4v) is 12.5. The number of nitrogens with zero attached hydrogens (tertiary/aromatic N) is 1. The molecular formula is C39H53NO10. The molecule has 5 aliphatic carbocycles. The second kappa shape index (κ2) is 11.1. The lowest BCUT2D eigenvalue weighted by Gasteiger charge is -2.70. The average Bonchev–Trinajstić information content (AvgIpc) is 3.54. The maximum atomic E-state index is 14.9. The number of cyclic esters (lactones) is 1. The third-order valence-corrected chi connectivity index (χ3v) is 15.7. The molecule has 50 heavy (non-hydrogen) atoms. The molecule has 1 aliphatic heterocycles. The Labute approximate surface area is 293 Å². The van der Waals surface area contributed by atoms with Gasteiger partial charge in [0, 0.05) is 5.92 Å². The molecule has 1 saturated heterocycles. The van der Waals surface area contributed by atoms with Gasteiger partial charge >= 0.3 is 23.9 Å². The van der Waals surface area contributed by atoms with E-state index < -0.39 is 51.6 Å². The standard InChI is InChI=1S/C39H53NO10/c1-21-19-40(32(45)48-21)28-10-11-36(5)27(39(28,8)31(44)47-20-26-22(2)49-33(46)50-26)9-12-38(7)29(36)25(41)17-23-24-18-35(4,30(42)43)14-13-34(24,3)15-16-37(23,38)6/h17,21,24,27-29H,9-16,18-20H2,1-8H3,(H,42,43)/t21-,24+,27-,28+,29-,34-,35+,36+,37-,38-,39+/m1/s1. The Kier molecular flexibility index (Phi) is 7.76. The molecule has 6 aliphatic rings. The molecule has 0 aromatic carbocycles. The van der Waals surface area contributed by atoms with E-state index in [2.05, 4.69) is 27.7 Å². The number of fused-ring (bicyclic) bond motifs is 7. The first-order valence-electron chi connectivity index (χ1n) is 18.5. The summed E-state index contributed by atoms with van der Waals surface area (Å²) in [5, 5.41) is 10.2. The zero-order chi connectivity index (χ0) is 36.4. The monoisotopic (exact) mass is 695 g/mol. The molecule has 0 unspecified atom stereocenters. The summed E-state index contributed by atoms with van der Waals surface area (Å²) in [7, 11) is 0. The van der Waals surface area contributed by atoms with Crippen molar-refractivity contribution < 1.29 is 42.6 Å². The highest BCUT2D eigenvalue weighted by Crippen LogP contribution is 2.75. The van der Waals surface area contributed by atoms with E-state index in [9.17, 15) is 29.1 Å². The smallest absolute Gasteiger partial charge is 0.481 e. The first kappa shape index (κ1) is 35.1. The van der Waals surface area contributed by atoms with Crippen molar-refractivity contribution in [3.05, 3.63) is 33.8 Å². The second-order valence-electron chi connectivity index (χ2n) is 18.3. The van der Waals surface area contributed by atoms with Gasteiger partial charge in [-0.05, 0) is 125 Å². The lowest BCUT2D eigenvalue weighted by molar-refractivity contribution is -0.210. The van der Waals surface area contributed by atoms with Crippen LogP contribution in [0.15, 0.2) is 25.3 Å². The van der Waals surface area contributed by atoms with Crippen molar-refractivity contribution in [2.75, 3.05) is 6.54 Å². The van der Waals surface area contributed by atoms with E-state index in [0.717, 1.165) is 24.8 Å². The van der Waals surface area contributed by atoms with E-state index in [4.69, 9.17) is 18.3 Å². The van der Waals surface area contributed by atoms with Crippen LogP contribution in [-0.4, -0.2) is 52.5 Å². The number of ketones is 1. The maximum Gasteiger partial charge on any atom is 0.519 e. The van der Waals surface area contributed by atoms with E-state index in [1.54, 1.807) is 11.8 Å². The number of hydrogen-bond acceptors (Lipinski definition) is 9. The van der Waals surface area contributed by atoms with E-state index in [1.165, 1.54) is 0 Å². The van der Waals surface area contributed by atoms with Gasteiger partial charge in [-0.2, -0.15) is 0 Å². The molecule has 11 nitrogen and oxygen atoms in total. The second-order valence-corrected chi connectivity index (χ2v) is 18.3. The number of ether oxygens (including phenoxy) is 2. The summed E-state index contributed by atoms with van der Waals surface area (Å²) in [6, 6.07) is -0.515. The van der Waals surface area contributed by atoms with Crippen LogP contribution in [0.4, 0.5) is 4.79 Å². The van der Waals surface area contributed by atoms with Crippen molar-refractivity contribution in [1.82, 2.24) is 4.90 Å². The summed E-state index contributed by atoms with van der Waals surface area (Å²) in [5.41, 5.74) is -2.30. The Balaban J connectivity index is 1.29. The topological polar surface area (TPSA) is 154 Å². The summed E-state index contributed by atoms with van der Waals surface area (Å²) in [4.78, 5) is 68.6. The molecule has 1 amide bonds. The van der Waals surface area contributed by atoms with Crippen LogP contribution in [0.3, 0.4) is 0 Å². The molecule has 7 rings (SSSR count). The van der Waals surface area contributed by atoms with Crippen LogP contribution in [0, 0.1) is 57.2 Å². The number of aryl methyl sites for hydroxylation is 1. The van der Waals surface area contributed by atoms with Gasteiger partial charge in [0.05, 0.1) is 23.4 Å². The van der Waals surface area contributed by atoms with Crippen LogP contribution in [0.2, 0.25) is 0 Å². The molecule has 274 valence electrons. The van der Waals surface area contributed by atoms with E-state index in [-0.39, 0.29) is 58.6 Å². The molecule has 0 radical (unpaired) electrons. The van der Waals surface area contributed by atoms with Crippen LogP contribution >= 0.6 is 0 Å². The summed E-state index contributed by atoms with van der Waals surface area (Å²) in [6.45, 7) is 16.3. The molecule has 1 aromatic heterocycles. The Bertz CT molecular complexity index is 1740. The molecular weight excluding hydrogens is 642 g/mol. The van der Waals surface area contributed by atoms with Crippen molar-refractivity contribution >= 4 is 23.8 Å². The van der Waals surface area contributed by atoms with E-state index in [1.807, 2.05) is 26.8 Å². The van der Waals surface area contributed by atoms with Crippen molar-refractivity contribution in [2.45, 2.75) is 132 Å². The predicted octanol–water partition coefficient (Wildman–Crippen LogP) is 6.84. The van der Waals surface area contributed by atoms with E-state index >= 15 is 0 Å². The number of carbonyl (C=O) groups excluding carboxylic acids is 3. The molecule has 11 heteroatoms. The average molecular weight is 696 g/mol. The predicted molar refractivity (Wildman–Crippen MR) is 180 cm³/mol.